The fraction of sp³-hybridized carbons (Fsp3) is 0.571. The smallest absolute Gasteiger partial charge is 0.0449 e. The molecule has 1 aromatic rings. The fourth-order valence-corrected chi connectivity index (χ4v) is 2.33. The molecule has 1 fully saturated rings. The molecule has 2 nitrogen and oxygen atoms in total. The van der Waals surface area contributed by atoms with Crippen molar-refractivity contribution in [2.24, 2.45) is 0 Å². The maximum Gasteiger partial charge on any atom is 0.0449 e. The van der Waals surface area contributed by atoms with E-state index in [2.05, 4.69) is 54.4 Å². The van der Waals surface area contributed by atoms with Crippen LogP contribution in [0.2, 0.25) is 0 Å². The molecule has 0 saturated carbocycles. The molecule has 16 heavy (non-hydrogen) atoms. The van der Waals surface area contributed by atoms with Crippen molar-refractivity contribution in [3.05, 3.63) is 35.9 Å². The highest BCUT2D eigenvalue weighted by Crippen LogP contribution is 2.17. The Morgan fingerprint density at radius 3 is 2.69 bits per heavy atom. The highest BCUT2D eigenvalue weighted by Gasteiger charge is 2.20. The molecule has 0 radical (unpaired) electrons. The van der Waals surface area contributed by atoms with E-state index < -0.39 is 0 Å². The summed E-state index contributed by atoms with van der Waals surface area (Å²) in [6.45, 7) is 8.04. The molecule has 1 heterocycles. The predicted molar refractivity (Wildman–Crippen MR) is 68.5 cm³/mol. The molecule has 2 heteroatoms. The summed E-state index contributed by atoms with van der Waals surface area (Å²) in [5, 5.41) is 3.64. The summed E-state index contributed by atoms with van der Waals surface area (Å²) in [6.07, 6.45) is 1.25. The molecular weight excluding hydrogens is 196 g/mol. The van der Waals surface area contributed by atoms with Crippen LogP contribution in [-0.2, 0) is 0 Å². The molecule has 0 aromatic heterocycles. The van der Waals surface area contributed by atoms with Gasteiger partial charge in [0.15, 0.2) is 0 Å². The lowest BCUT2D eigenvalue weighted by molar-refractivity contribution is 0.218. The van der Waals surface area contributed by atoms with Crippen LogP contribution in [0.3, 0.4) is 0 Å². The zero-order chi connectivity index (χ0) is 11.4. The molecule has 1 saturated heterocycles. The van der Waals surface area contributed by atoms with Gasteiger partial charge in [0.1, 0.15) is 0 Å². The van der Waals surface area contributed by atoms with Gasteiger partial charge in [-0.25, -0.2) is 0 Å². The van der Waals surface area contributed by atoms with Crippen LogP contribution in [0.5, 0.6) is 0 Å². The fourth-order valence-electron chi connectivity index (χ4n) is 2.33. The van der Waals surface area contributed by atoms with Crippen molar-refractivity contribution in [1.82, 2.24) is 10.2 Å². The summed E-state index contributed by atoms with van der Waals surface area (Å²) in [5.41, 5.74) is 1.41. The van der Waals surface area contributed by atoms with Crippen LogP contribution in [0.1, 0.15) is 31.9 Å². The van der Waals surface area contributed by atoms with Gasteiger partial charge >= 0.3 is 0 Å². The number of nitrogens with zero attached hydrogens (tertiary/aromatic N) is 1. The predicted octanol–water partition coefficient (Wildman–Crippen LogP) is 2.43. The van der Waals surface area contributed by atoms with E-state index in [9.17, 15) is 0 Å². The summed E-state index contributed by atoms with van der Waals surface area (Å²) >= 11 is 0. The molecule has 2 rings (SSSR count). The third-order valence-corrected chi connectivity index (χ3v) is 3.36. The van der Waals surface area contributed by atoms with Gasteiger partial charge in [0.05, 0.1) is 0 Å². The van der Waals surface area contributed by atoms with Crippen LogP contribution in [0, 0.1) is 0 Å². The maximum atomic E-state index is 3.64. The Bertz CT molecular complexity index is 308. The number of nitrogens with one attached hydrogen (secondary N) is 1. The number of rotatable bonds is 2. The summed E-state index contributed by atoms with van der Waals surface area (Å²) in [7, 11) is 0. The monoisotopic (exact) mass is 218 g/mol. The van der Waals surface area contributed by atoms with Crippen LogP contribution in [0.15, 0.2) is 30.3 Å². The molecule has 1 aromatic carbocycles. The van der Waals surface area contributed by atoms with Crippen LogP contribution < -0.4 is 5.32 Å². The van der Waals surface area contributed by atoms with E-state index in [4.69, 9.17) is 0 Å². The van der Waals surface area contributed by atoms with Crippen molar-refractivity contribution in [1.29, 1.82) is 0 Å². The first-order valence-corrected chi connectivity index (χ1v) is 6.30. The Balaban J connectivity index is 2.09. The van der Waals surface area contributed by atoms with Gasteiger partial charge in [-0.05, 0) is 38.9 Å². The molecule has 1 atom stereocenters. The average Bonchev–Trinajstić information content (AvgIpc) is 2.56. The molecule has 0 aliphatic carbocycles. The van der Waals surface area contributed by atoms with Crippen molar-refractivity contribution in [2.45, 2.75) is 32.4 Å². The van der Waals surface area contributed by atoms with Gasteiger partial charge in [-0.15, -0.1) is 0 Å². The molecule has 0 bridgehead atoms. The van der Waals surface area contributed by atoms with Gasteiger partial charge < -0.3 is 5.32 Å². The molecular formula is C14H22N2. The van der Waals surface area contributed by atoms with Crippen molar-refractivity contribution in [3.8, 4) is 0 Å². The maximum absolute atomic E-state index is 3.64. The Morgan fingerprint density at radius 2 is 2.00 bits per heavy atom. The van der Waals surface area contributed by atoms with E-state index in [1.54, 1.807) is 0 Å². The zero-order valence-electron chi connectivity index (χ0n) is 10.3. The van der Waals surface area contributed by atoms with Crippen molar-refractivity contribution in [3.63, 3.8) is 0 Å². The van der Waals surface area contributed by atoms with E-state index in [0.717, 1.165) is 13.1 Å². The lowest BCUT2D eigenvalue weighted by atomic mass is 10.1. The van der Waals surface area contributed by atoms with E-state index in [0.29, 0.717) is 12.1 Å². The minimum absolute atomic E-state index is 0.492. The Kier molecular flexibility index (Phi) is 3.97. The Labute approximate surface area is 98.7 Å². The van der Waals surface area contributed by atoms with Crippen LogP contribution in [0.4, 0.5) is 0 Å². The third-order valence-electron chi connectivity index (χ3n) is 3.36. The Hall–Kier alpha value is -0.860. The number of hydrogen-bond donors (Lipinski definition) is 1. The van der Waals surface area contributed by atoms with Gasteiger partial charge in [0.2, 0.25) is 0 Å². The highest BCUT2D eigenvalue weighted by atomic mass is 15.2. The second-order valence-corrected chi connectivity index (χ2v) is 4.86. The van der Waals surface area contributed by atoms with Gasteiger partial charge in [-0.3, -0.25) is 4.90 Å². The summed E-state index contributed by atoms with van der Waals surface area (Å²) in [5.74, 6) is 0. The Morgan fingerprint density at radius 1 is 1.25 bits per heavy atom. The van der Waals surface area contributed by atoms with E-state index in [1.807, 2.05) is 0 Å². The third kappa shape index (κ3) is 2.83. The van der Waals surface area contributed by atoms with Crippen LogP contribution in [0.25, 0.3) is 0 Å². The minimum Gasteiger partial charge on any atom is -0.309 e. The second-order valence-electron chi connectivity index (χ2n) is 4.86. The minimum atomic E-state index is 0.492. The van der Waals surface area contributed by atoms with E-state index >= 15 is 0 Å². The molecule has 0 spiro atoms. The van der Waals surface area contributed by atoms with Crippen LogP contribution in [-0.4, -0.2) is 30.6 Å². The highest BCUT2D eigenvalue weighted by molar-refractivity contribution is 5.19. The number of hydrogen-bond acceptors (Lipinski definition) is 2. The van der Waals surface area contributed by atoms with Gasteiger partial charge in [0, 0.05) is 18.6 Å². The quantitative estimate of drug-likeness (QED) is 0.820. The molecule has 1 N–H and O–H groups in total. The van der Waals surface area contributed by atoms with Gasteiger partial charge in [-0.1, -0.05) is 30.3 Å². The largest absolute Gasteiger partial charge is 0.309 e. The van der Waals surface area contributed by atoms with Gasteiger partial charge in [-0.2, -0.15) is 0 Å². The van der Waals surface area contributed by atoms with Crippen molar-refractivity contribution < 1.29 is 0 Å². The normalized spacial score (nSPS) is 23.3. The first-order chi connectivity index (χ1) is 7.77. The first kappa shape index (κ1) is 11.6. The SMILES string of the molecule is CC(C)N1CCCNC(c2ccccc2)C1. The van der Waals surface area contributed by atoms with Crippen molar-refractivity contribution in [2.75, 3.05) is 19.6 Å². The first-order valence-electron chi connectivity index (χ1n) is 6.30. The summed E-state index contributed by atoms with van der Waals surface area (Å²) < 4.78 is 0. The van der Waals surface area contributed by atoms with Gasteiger partial charge in [0.25, 0.3) is 0 Å². The summed E-state index contributed by atoms with van der Waals surface area (Å²) in [6, 6.07) is 11.9. The van der Waals surface area contributed by atoms with E-state index in [1.165, 1.54) is 18.5 Å². The topological polar surface area (TPSA) is 15.3 Å². The van der Waals surface area contributed by atoms with Crippen molar-refractivity contribution >= 4 is 0 Å². The molecule has 0 amide bonds. The molecule has 1 unspecified atom stereocenters. The molecule has 1 aliphatic heterocycles. The standard InChI is InChI=1S/C14H22N2/c1-12(2)16-10-6-9-15-14(11-16)13-7-4-3-5-8-13/h3-5,7-8,12,14-15H,6,9-11H2,1-2H3. The molecule has 1 aliphatic rings. The summed E-state index contributed by atoms with van der Waals surface area (Å²) in [4.78, 5) is 2.57. The second kappa shape index (κ2) is 5.46. The van der Waals surface area contributed by atoms with E-state index in [-0.39, 0.29) is 0 Å². The molecule has 88 valence electrons. The van der Waals surface area contributed by atoms with Crippen LogP contribution >= 0.6 is 0 Å². The lowest BCUT2D eigenvalue weighted by Gasteiger charge is -2.27. The lowest BCUT2D eigenvalue weighted by Crippen LogP contribution is -2.35. The number of benzene rings is 1. The average molecular weight is 218 g/mol. The zero-order valence-corrected chi connectivity index (χ0v) is 10.3.